The number of phenolic OH excluding ortho intramolecular Hbond substituents is 1. The van der Waals surface area contributed by atoms with Gasteiger partial charge >= 0.3 is 0 Å². The number of allylic oxidation sites excluding steroid dienone is 2. The fourth-order valence-corrected chi connectivity index (χ4v) is 5.39. The number of fused-ring (bicyclic) bond motifs is 2. The van der Waals surface area contributed by atoms with E-state index >= 15 is 0 Å². The molecule has 42 heavy (non-hydrogen) atoms. The summed E-state index contributed by atoms with van der Waals surface area (Å²) in [6.45, 7) is 1.78. The first-order valence-corrected chi connectivity index (χ1v) is 13.8. The third-order valence-electron chi connectivity index (χ3n) is 7.46. The van der Waals surface area contributed by atoms with Crippen LogP contribution in [0.3, 0.4) is 0 Å². The molecule has 3 nitrogen and oxygen atoms in total. The van der Waals surface area contributed by atoms with Crippen LogP contribution in [0.2, 0.25) is 0 Å². The summed E-state index contributed by atoms with van der Waals surface area (Å²) >= 11 is 0. The van der Waals surface area contributed by atoms with Gasteiger partial charge in [-0.3, -0.25) is 9.59 Å². The van der Waals surface area contributed by atoms with E-state index in [1.807, 2.05) is 115 Å². The second kappa shape index (κ2) is 11.5. The molecule has 0 bridgehead atoms. The number of carbonyl (C=O) groups is 2. The first kappa shape index (κ1) is 26.7. The van der Waals surface area contributed by atoms with Crippen LogP contribution >= 0.6 is 0 Å². The molecule has 6 aromatic carbocycles. The first-order valence-electron chi connectivity index (χ1n) is 13.8. The Hall–Kier alpha value is -5.54. The number of ketones is 2. The van der Waals surface area contributed by atoms with E-state index in [1.54, 1.807) is 19.1 Å². The highest BCUT2D eigenvalue weighted by Gasteiger charge is 2.24. The predicted molar refractivity (Wildman–Crippen MR) is 173 cm³/mol. The summed E-state index contributed by atoms with van der Waals surface area (Å²) < 4.78 is 0. The van der Waals surface area contributed by atoms with Gasteiger partial charge in [0.15, 0.2) is 11.6 Å². The minimum Gasteiger partial charge on any atom is -0.507 e. The molecule has 0 aromatic heterocycles. The van der Waals surface area contributed by atoms with Gasteiger partial charge in [-0.05, 0) is 81.1 Å². The number of aryl methyl sites for hydroxylation is 1. The number of hydrogen-bond acceptors (Lipinski definition) is 3. The molecule has 3 heteroatoms. The highest BCUT2D eigenvalue weighted by atomic mass is 16.3. The topological polar surface area (TPSA) is 54.4 Å². The van der Waals surface area contributed by atoms with Crippen molar-refractivity contribution in [3.63, 3.8) is 0 Å². The smallest absolute Gasteiger partial charge is 0.190 e. The van der Waals surface area contributed by atoms with Crippen molar-refractivity contribution < 1.29 is 14.7 Å². The molecule has 0 aliphatic rings. The van der Waals surface area contributed by atoms with E-state index in [2.05, 4.69) is 0 Å². The Morgan fingerprint density at radius 2 is 1.02 bits per heavy atom. The maximum Gasteiger partial charge on any atom is 0.190 e. The molecular formula is C39H28O3. The molecule has 0 aliphatic carbocycles. The third kappa shape index (κ3) is 5.41. The Labute approximate surface area is 244 Å². The number of rotatable bonds is 7. The van der Waals surface area contributed by atoms with E-state index in [-0.39, 0.29) is 22.9 Å². The normalized spacial score (nSPS) is 11.5. The van der Waals surface area contributed by atoms with Crippen molar-refractivity contribution in [2.75, 3.05) is 0 Å². The quantitative estimate of drug-likeness (QED) is 0.161. The fourth-order valence-electron chi connectivity index (χ4n) is 5.39. The monoisotopic (exact) mass is 544 g/mol. The van der Waals surface area contributed by atoms with E-state index in [0.717, 1.165) is 32.7 Å². The SMILES string of the molecule is Cc1cc(O)c(C(=O)/C=C/c2ccc3ccccc3c2)c(-c2ccccc2)c1C(=O)/C=C/c1ccc2ccccc2c1. The van der Waals surface area contributed by atoms with Crippen molar-refractivity contribution in [2.24, 2.45) is 0 Å². The lowest BCUT2D eigenvalue weighted by Gasteiger charge is -2.16. The molecule has 0 atom stereocenters. The molecule has 0 aliphatic heterocycles. The van der Waals surface area contributed by atoms with Gasteiger partial charge in [0.2, 0.25) is 0 Å². The van der Waals surface area contributed by atoms with E-state index in [1.165, 1.54) is 18.2 Å². The lowest BCUT2D eigenvalue weighted by atomic mass is 9.86. The molecule has 0 saturated heterocycles. The van der Waals surface area contributed by atoms with Crippen LogP contribution < -0.4 is 0 Å². The van der Waals surface area contributed by atoms with E-state index in [4.69, 9.17) is 0 Å². The Morgan fingerprint density at radius 3 is 1.57 bits per heavy atom. The molecule has 1 N–H and O–H groups in total. The van der Waals surface area contributed by atoms with Gasteiger partial charge in [0.05, 0.1) is 5.56 Å². The zero-order valence-electron chi connectivity index (χ0n) is 23.1. The van der Waals surface area contributed by atoms with Gasteiger partial charge < -0.3 is 5.11 Å². The minimum absolute atomic E-state index is 0.103. The van der Waals surface area contributed by atoms with Gasteiger partial charge in [0, 0.05) is 11.1 Å². The van der Waals surface area contributed by atoms with Gasteiger partial charge in [0.25, 0.3) is 0 Å². The molecule has 0 amide bonds. The fraction of sp³-hybridized carbons (Fsp3) is 0.0256. The van der Waals surface area contributed by atoms with Crippen LogP contribution in [0.15, 0.2) is 133 Å². The molecule has 202 valence electrons. The molecule has 0 radical (unpaired) electrons. The van der Waals surface area contributed by atoms with E-state index in [0.29, 0.717) is 22.3 Å². The largest absolute Gasteiger partial charge is 0.507 e. The van der Waals surface area contributed by atoms with Crippen LogP contribution in [0.5, 0.6) is 5.75 Å². The van der Waals surface area contributed by atoms with Gasteiger partial charge in [-0.15, -0.1) is 0 Å². The first-order chi connectivity index (χ1) is 20.5. The van der Waals surface area contributed by atoms with Crippen LogP contribution in [0, 0.1) is 6.92 Å². The second-order valence-corrected chi connectivity index (χ2v) is 10.3. The van der Waals surface area contributed by atoms with Crippen LogP contribution in [0.4, 0.5) is 0 Å². The Morgan fingerprint density at radius 1 is 0.548 bits per heavy atom. The molecule has 6 rings (SSSR count). The Kier molecular flexibility index (Phi) is 7.32. The van der Waals surface area contributed by atoms with Crippen molar-refractivity contribution in [3.8, 4) is 16.9 Å². The summed E-state index contributed by atoms with van der Waals surface area (Å²) in [5.41, 5.74) is 3.95. The molecule has 6 aromatic rings. The average Bonchev–Trinajstić information content (AvgIpc) is 3.02. The molecule has 0 saturated carbocycles. The van der Waals surface area contributed by atoms with Crippen molar-refractivity contribution in [1.82, 2.24) is 0 Å². The van der Waals surface area contributed by atoms with Gasteiger partial charge in [-0.2, -0.15) is 0 Å². The highest BCUT2D eigenvalue weighted by Crippen LogP contribution is 2.37. The number of phenols is 1. The standard InChI is InChI=1S/C39H28O3/c1-26-23-36(42)39(35(41)22-18-28-16-20-30-10-6-8-14-33(30)25-28)38(31-11-3-2-4-12-31)37(26)34(40)21-17-27-15-19-29-9-5-7-13-32(29)24-27/h2-25,42H,1H3/b21-17+,22-18+. The number of benzene rings is 6. The van der Waals surface area contributed by atoms with Gasteiger partial charge in [-0.1, -0.05) is 115 Å². The summed E-state index contributed by atoms with van der Waals surface area (Å²) in [5, 5.41) is 15.5. The lowest BCUT2D eigenvalue weighted by Crippen LogP contribution is -2.08. The van der Waals surface area contributed by atoms with Gasteiger partial charge in [-0.25, -0.2) is 0 Å². The summed E-state index contributed by atoms with van der Waals surface area (Å²) in [5.74, 6) is -0.784. The maximum absolute atomic E-state index is 13.8. The van der Waals surface area contributed by atoms with Crippen LogP contribution in [-0.4, -0.2) is 16.7 Å². The summed E-state index contributed by atoms with van der Waals surface area (Å²) in [6, 6.07) is 38.9. The number of carbonyl (C=O) groups excluding carboxylic acids is 2. The number of aromatic hydroxyl groups is 1. The lowest BCUT2D eigenvalue weighted by molar-refractivity contribution is 0.104. The van der Waals surface area contributed by atoms with Crippen LogP contribution in [-0.2, 0) is 0 Å². The molecule has 0 fully saturated rings. The van der Waals surface area contributed by atoms with Gasteiger partial charge in [0.1, 0.15) is 5.75 Å². The van der Waals surface area contributed by atoms with Crippen molar-refractivity contribution in [3.05, 3.63) is 161 Å². The minimum atomic E-state index is -0.382. The van der Waals surface area contributed by atoms with E-state index < -0.39 is 0 Å². The van der Waals surface area contributed by atoms with Crippen LogP contribution in [0.25, 0.3) is 44.8 Å². The molecular weight excluding hydrogens is 516 g/mol. The summed E-state index contributed by atoms with van der Waals surface area (Å²) in [6.07, 6.45) is 6.52. The Bertz CT molecular complexity index is 1910. The average molecular weight is 545 g/mol. The Balaban J connectivity index is 1.41. The number of hydrogen-bond donors (Lipinski definition) is 1. The zero-order valence-corrected chi connectivity index (χ0v) is 23.1. The molecule has 0 spiro atoms. The van der Waals surface area contributed by atoms with Crippen LogP contribution in [0.1, 0.15) is 37.4 Å². The highest BCUT2D eigenvalue weighted by molar-refractivity contribution is 6.19. The summed E-state index contributed by atoms with van der Waals surface area (Å²) in [7, 11) is 0. The summed E-state index contributed by atoms with van der Waals surface area (Å²) in [4.78, 5) is 27.5. The van der Waals surface area contributed by atoms with Crippen molar-refractivity contribution >= 4 is 45.3 Å². The van der Waals surface area contributed by atoms with Crippen molar-refractivity contribution in [1.29, 1.82) is 0 Å². The van der Waals surface area contributed by atoms with Crippen molar-refractivity contribution in [2.45, 2.75) is 6.92 Å². The third-order valence-corrected chi connectivity index (χ3v) is 7.46. The zero-order chi connectivity index (χ0) is 29.1. The predicted octanol–water partition coefficient (Wildman–Crippen LogP) is 9.47. The maximum atomic E-state index is 13.8. The molecule has 0 unspecified atom stereocenters. The van der Waals surface area contributed by atoms with E-state index in [9.17, 15) is 14.7 Å². The molecule has 0 heterocycles. The second-order valence-electron chi connectivity index (χ2n) is 10.3.